The van der Waals surface area contributed by atoms with Crippen LogP contribution in [0, 0.1) is 17.1 Å². The molecule has 0 aliphatic heterocycles. The van der Waals surface area contributed by atoms with E-state index in [1.165, 1.54) is 11.0 Å². The van der Waals surface area contributed by atoms with E-state index in [2.05, 4.69) is 6.07 Å². The summed E-state index contributed by atoms with van der Waals surface area (Å²) in [6, 6.07) is 5.52. The molecule has 0 heterocycles. The van der Waals surface area contributed by atoms with Crippen molar-refractivity contribution in [3.63, 3.8) is 0 Å². The zero-order valence-corrected chi connectivity index (χ0v) is 14.1. The standard InChI is InChI=1S/C17H18ClFN2O3/c1-21(17(11-20)7-3-2-4-8-17)15(22)10-24-16(23)13-6-5-12(19)9-14(13)18/h5-6,9H,2-4,7-8,10H2,1H3. The molecule has 1 amide bonds. The fourth-order valence-electron chi connectivity index (χ4n) is 2.85. The third-order valence-electron chi connectivity index (χ3n) is 4.38. The van der Waals surface area contributed by atoms with Crippen LogP contribution in [0.1, 0.15) is 42.5 Å². The highest BCUT2D eigenvalue weighted by molar-refractivity contribution is 6.33. The summed E-state index contributed by atoms with van der Waals surface area (Å²) in [5, 5.41) is 9.39. The molecule has 0 unspecified atom stereocenters. The summed E-state index contributed by atoms with van der Waals surface area (Å²) in [6.07, 6.45) is 4.04. The Balaban J connectivity index is 1.99. The van der Waals surface area contributed by atoms with E-state index in [9.17, 15) is 19.2 Å². The highest BCUT2D eigenvalue weighted by Crippen LogP contribution is 2.32. The second-order valence-electron chi connectivity index (χ2n) is 5.86. The molecule has 1 aliphatic rings. The molecule has 1 aromatic carbocycles. The van der Waals surface area contributed by atoms with Crippen molar-refractivity contribution in [1.82, 2.24) is 4.90 Å². The van der Waals surface area contributed by atoms with Gasteiger partial charge in [-0.1, -0.05) is 30.9 Å². The number of esters is 1. The second kappa shape index (κ2) is 7.63. The smallest absolute Gasteiger partial charge is 0.340 e. The van der Waals surface area contributed by atoms with Gasteiger partial charge in [0.15, 0.2) is 6.61 Å². The van der Waals surface area contributed by atoms with E-state index < -0.39 is 29.8 Å². The number of nitriles is 1. The van der Waals surface area contributed by atoms with Gasteiger partial charge in [-0.3, -0.25) is 4.79 Å². The molecule has 5 nitrogen and oxygen atoms in total. The van der Waals surface area contributed by atoms with Crippen LogP contribution in [0.4, 0.5) is 4.39 Å². The molecule has 0 N–H and O–H groups in total. The Hall–Kier alpha value is -2.13. The molecule has 7 heteroatoms. The van der Waals surface area contributed by atoms with Gasteiger partial charge >= 0.3 is 5.97 Å². The molecule has 1 saturated carbocycles. The summed E-state index contributed by atoms with van der Waals surface area (Å²) in [4.78, 5) is 25.6. The highest BCUT2D eigenvalue weighted by Gasteiger charge is 2.39. The van der Waals surface area contributed by atoms with Gasteiger partial charge in [-0.15, -0.1) is 0 Å². The van der Waals surface area contributed by atoms with E-state index in [1.807, 2.05) is 0 Å². The van der Waals surface area contributed by atoms with Gasteiger partial charge in [-0.25, -0.2) is 9.18 Å². The molecule has 0 spiro atoms. The predicted molar refractivity (Wildman–Crippen MR) is 85.9 cm³/mol. The first-order valence-corrected chi connectivity index (χ1v) is 8.07. The molecular formula is C17H18ClFN2O3. The molecule has 0 aromatic heterocycles. The zero-order valence-electron chi connectivity index (χ0n) is 13.3. The van der Waals surface area contributed by atoms with Gasteiger partial charge in [0.2, 0.25) is 0 Å². The molecule has 0 atom stereocenters. The molecule has 1 aromatic rings. The Bertz CT molecular complexity index is 681. The molecule has 2 rings (SSSR count). The normalized spacial score (nSPS) is 16.1. The number of halogens is 2. The van der Waals surface area contributed by atoms with Crippen LogP contribution in [-0.2, 0) is 9.53 Å². The van der Waals surface area contributed by atoms with Gasteiger partial charge < -0.3 is 9.64 Å². The topological polar surface area (TPSA) is 70.4 Å². The fraction of sp³-hybridized carbons (Fsp3) is 0.471. The molecule has 1 fully saturated rings. The predicted octanol–water partition coefficient (Wildman–Crippen LogP) is 3.32. The molecule has 0 radical (unpaired) electrons. The summed E-state index contributed by atoms with van der Waals surface area (Å²) in [7, 11) is 1.55. The number of carbonyl (C=O) groups is 2. The van der Waals surface area contributed by atoms with Crippen molar-refractivity contribution >= 4 is 23.5 Å². The lowest BCUT2D eigenvalue weighted by Crippen LogP contribution is -2.51. The van der Waals surface area contributed by atoms with Crippen molar-refractivity contribution < 1.29 is 18.7 Å². The molecular weight excluding hydrogens is 335 g/mol. The van der Waals surface area contributed by atoms with Gasteiger partial charge in [0.25, 0.3) is 5.91 Å². The van der Waals surface area contributed by atoms with E-state index in [0.29, 0.717) is 12.8 Å². The van der Waals surface area contributed by atoms with Gasteiger partial charge in [0, 0.05) is 7.05 Å². The van der Waals surface area contributed by atoms with Crippen LogP contribution in [0.3, 0.4) is 0 Å². The van der Waals surface area contributed by atoms with Gasteiger partial charge in [-0.05, 0) is 31.0 Å². The third kappa shape index (κ3) is 3.85. The maximum absolute atomic E-state index is 13.0. The summed E-state index contributed by atoms with van der Waals surface area (Å²) in [6.45, 7) is -0.494. The van der Waals surface area contributed by atoms with Gasteiger partial charge in [0.1, 0.15) is 11.4 Å². The van der Waals surface area contributed by atoms with Crippen LogP contribution in [0.2, 0.25) is 5.02 Å². The van der Waals surface area contributed by atoms with E-state index in [1.54, 1.807) is 7.05 Å². The summed E-state index contributed by atoms with van der Waals surface area (Å²) < 4.78 is 18.0. The van der Waals surface area contributed by atoms with E-state index in [0.717, 1.165) is 31.4 Å². The monoisotopic (exact) mass is 352 g/mol. The van der Waals surface area contributed by atoms with Crippen LogP contribution in [0.5, 0.6) is 0 Å². The van der Waals surface area contributed by atoms with Crippen molar-refractivity contribution in [2.24, 2.45) is 0 Å². The van der Waals surface area contributed by atoms with Crippen LogP contribution < -0.4 is 0 Å². The number of carbonyl (C=O) groups excluding carboxylic acids is 2. The number of benzene rings is 1. The molecule has 1 aliphatic carbocycles. The van der Waals surface area contributed by atoms with Crippen LogP contribution in [0.25, 0.3) is 0 Å². The Morgan fingerprint density at radius 2 is 2.04 bits per heavy atom. The van der Waals surface area contributed by atoms with Crippen LogP contribution in [-0.4, -0.2) is 36.0 Å². The number of rotatable bonds is 4. The van der Waals surface area contributed by atoms with Crippen molar-refractivity contribution in [2.45, 2.75) is 37.6 Å². The summed E-state index contributed by atoms with van der Waals surface area (Å²) in [5.41, 5.74) is -0.851. The number of ether oxygens (including phenoxy) is 1. The Kier molecular flexibility index (Phi) is 5.79. The Morgan fingerprint density at radius 1 is 1.38 bits per heavy atom. The molecule has 128 valence electrons. The average molecular weight is 353 g/mol. The molecule has 24 heavy (non-hydrogen) atoms. The van der Waals surface area contributed by atoms with Crippen molar-refractivity contribution in [3.05, 3.63) is 34.6 Å². The first-order chi connectivity index (χ1) is 11.4. The lowest BCUT2D eigenvalue weighted by molar-refractivity contribution is -0.138. The van der Waals surface area contributed by atoms with Crippen LogP contribution >= 0.6 is 11.6 Å². The summed E-state index contributed by atoms with van der Waals surface area (Å²) in [5.74, 6) is -1.83. The highest BCUT2D eigenvalue weighted by atomic mass is 35.5. The third-order valence-corrected chi connectivity index (χ3v) is 4.70. The van der Waals surface area contributed by atoms with Crippen LogP contribution in [0.15, 0.2) is 18.2 Å². The Labute approximate surface area is 144 Å². The maximum Gasteiger partial charge on any atom is 0.340 e. The number of amides is 1. The number of hydrogen-bond donors (Lipinski definition) is 0. The quantitative estimate of drug-likeness (QED) is 0.779. The average Bonchev–Trinajstić information content (AvgIpc) is 2.59. The minimum atomic E-state index is -0.838. The largest absolute Gasteiger partial charge is 0.452 e. The van der Waals surface area contributed by atoms with E-state index in [4.69, 9.17) is 16.3 Å². The second-order valence-corrected chi connectivity index (χ2v) is 6.26. The van der Waals surface area contributed by atoms with E-state index >= 15 is 0 Å². The lowest BCUT2D eigenvalue weighted by atomic mass is 9.81. The number of likely N-dealkylation sites (N-methyl/N-ethyl adjacent to an activating group) is 1. The van der Waals surface area contributed by atoms with Gasteiger partial charge in [-0.2, -0.15) is 5.26 Å². The lowest BCUT2D eigenvalue weighted by Gasteiger charge is -2.38. The van der Waals surface area contributed by atoms with Crippen molar-refractivity contribution in [2.75, 3.05) is 13.7 Å². The first kappa shape index (κ1) is 18.2. The minimum Gasteiger partial charge on any atom is -0.452 e. The summed E-state index contributed by atoms with van der Waals surface area (Å²) >= 11 is 5.79. The minimum absolute atomic E-state index is 0.0128. The van der Waals surface area contributed by atoms with E-state index in [-0.39, 0.29) is 10.6 Å². The molecule has 0 bridgehead atoms. The van der Waals surface area contributed by atoms with Crippen molar-refractivity contribution in [3.8, 4) is 6.07 Å². The number of hydrogen-bond acceptors (Lipinski definition) is 4. The maximum atomic E-state index is 13.0. The fourth-order valence-corrected chi connectivity index (χ4v) is 3.10. The zero-order chi connectivity index (χ0) is 17.7. The molecule has 0 saturated heterocycles. The van der Waals surface area contributed by atoms with Crippen molar-refractivity contribution in [1.29, 1.82) is 5.26 Å². The first-order valence-electron chi connectivity index (χ1n) is 7.70. The number of nitrogens with zero attached hydrogens (tertiary/aromatic N) is 2. The SMILES string of the molecule is CN(C(=O)COC(=O)c1ccc(F)cc1Cl)C1(C#N)CCCCC1. The Morgan fingerprint density at radius 3 is 2.62 bits per heavy atom. The van der Waals surface area contributed by atoms with Gasteiger partial charge in [0.05, 0.1) is 16.7 Å².